The van der Waals surface area contributed by atoms with Crippen LogP contribution in [0.25, 0.3) is 11.0 Å². The fourth-order valence-corrected chi connectivity index (χ4v) is 3.62. The van der Waals surface area contributed by atoms with Crippen molar-refractivity contribution in [2.24, 2.45) is 0 Å². The lowest BCUT2D eigenvalue weighted by Gasteiger charge is -2.13. The van der Waals surface area contributed by atoms with E-state index in [0.717, 1.165) is 16.7 Å². The standard InChI is InChI=1S/C27H25N3O3/c1-17-4-9-20(10-5-17)14-28-24(31)16-30-15-23(25(32)21-11-6-18(2)7-12-21)26(33)22-13-8-19(3)29-27(22)30/h4-13,15H,14,16H2,1-3H3,(H,28,31). The van der Waals surface area contributed by atoms with Crippen LogP contribution in [0.4, 0.5) is 0 Å². The van der Waals surface area contributed by atoms with Crippen molar-refractivity contribution >= 4 is 22.7 Å². The summed E-state index contributed by atoms with van der Waals surface area (Å²) in [6, 6.07) is 18.4. The summed E-state index contributed by atoms with van der Waals surface area (Å²) in [5.41, 5.74) is 4.31. The first kappa shape index (κ1) is 22.1. The van der Waals surface area contributed by atoms with Crippen molar-refractivity contribution in [1.82, 2.24) is 14.9 Å². The minimum Gasteiger partial charge on any atom is -0.350 e. The SMILES string of the molecule is Cc1ccc(CNC(=O)Cn2cc(C(=O)c3ccc(C)cc3)c(=O)c3ccc(C)nc32)cc1. The van der Waals surface area contributed by atoms with Gasteiger partial charge in [0, 0.05) is 24.0 Å². The molecule has 33 heavy (non-hydrogen) atoms. The molecule has 6 heteroatoms. The van der Waals surface area contributed by atoms with Crippen molar-refractivity contribution in [2.75, 3.05) is 0 Å². The second kappa shape index (κ2) is 9.20. The van der Waals surface area contributed by atoms with Gasteiger partial charge < -0.3 is 9.88 Å². The maximum atomic E-state index is 13.1. The zero-order valence-corrected chi connectivity index (χ0v) is 18.9. The predicted molar refractivity (Wildman–Crippen MR) is 128 cm³/mol. The number of fused-ring (bicyclic) bond motifs is 1. The molecular weight excluding hydrogens is 414 g/mol. The molecule has 2 aromatic carbocycles. The number of carbonyl (C=O) groups is 2. The Kier molecular flexibility index (Phi) is 6.18. The van der Waals surface area contributed by atoms with E-state index in [0.29, 0.717) is 28.8 Å². The van der Waals surface area contributed by atoms with E-state index in [9.17, 15) is 14.4 Å². The van der Waals surface area contributed by atoms with Crippen molar-refractivity contribution in [3.05, 3.63) is 111 Å². The van der Waals surface area contributed by atoms with E-state index in [-0.39, 0.29) is 29.2 Å². The summed E-state index contributed by atoms with van der Waals surface area (Å²) in [5, 5.41) is 3.21. The van der Waals surface area contributed by atoms with Gasteiger partial charge in [-0.1, -0.05) is 59.7 Å². The Morgan fingerprint density at radius 1 is 0.879 bits per heavy atom. The van der Waals surface area contributed by atoms with Crippen molar-refractivity contribution in [3.63, 3.8) is 0 Å². The number of ketones is 1. The van der Waals surface area contributed by atoms with Crippen LogP contribution in [0.5, 0.6) is 0 Å². The molecule has 0 unspecified atom stereocenters. The molecule has 166 valence electrons. The second-order valence-electron chi connectivity index (χ2n) is 8.28. The monoisotopic (exact) mass is 439 g/mol. The van der Waals surface area contributed by atoms with Crippen LogP contribution in [-0.2, 0) is 17.9 Å². The van der Waals surface area contributed by atoms with Crippen molar-refractivity contribution in [3.8, 4) is 0 Å². The summed E-state index contributed by atoms with van der Waals surface area (Å²) >= 11 is 0. The molecule has 4 rings (SSSR count). The molecule has 0 fully saturated rings. The second-order valence-corrected chi connectivity index (χ2v) is 8.28. The lowest BCUT2D eigenvalue weighted by Crippen LogP contribution is -2.29. The van der Waals surface area contributed by atoms with Crippen molar-refractivity contribution in [2.45, 2.75) is 33.9 Å². The molecule has 2 heterocycles. The van der Waals surface area contributed by atoms with E-state index in [1.807, 2.05) is 57.2 Å². The van der Waals surface area contributed by atoms with Crippen LogP contribution in [0, 0.1) is 20.8 Å². The molecule has 0 saturated carbocycles. The number of rotatable bonds is 6. The van der Waals surface area contributed by atoms with Gasteiger partial charge in [0.25, 0.3) is 0 Å². The van der Waals surface area contributed by atoms with Gasteiger partial charge >= 0.3 is 0 Å². The number of hydrogen-bond acceptors (Lipinski definition) is 4. The Labute approximate surface area is 191 Å². The first-order valence-electron chi connectivity index (χ1n) is 10.8. The maximum Gasteiger partial charge on any atom is 0.240 e. The molecule has 0 aliphatic carbocycles. The highest BCUT2D eigenvalue weighted by Crippen LogP contribution is 2.15. The third-order valence-corrected chi connectivity index (χ3v) is 5.54. The third-order valence-electron chi connectivity index (χ3n) is 5.54. The van der Waals surface area contributed by atoms with Crippen LogP contribution in [0.1, 0.15) is 38.3 Å². The summed E-state index contributed by atoms with van der Waals surface area (Å²) in [4.78, 5) is 43.5. The summed E-state index contributed by atoms with van der Waals surface area (Å²) in [6.45, 7) is 6.08. The highest BCUT2D eigenvalue weighted by molar-refractivity contribution is 6.10. The van der Waals surface area contributed by atoms with Gasteiger partial charge in [-0.15, -0.1) is 0 Å². The van der Waals surface area contributed by atoms with Gasteiger partial charge in [-0.05, 0) is 38.5 Å². The molecule has 0 radical (unpaired) electrons. The summed E-state index contributed by atoms with van der Waals surface area (Å²) in [5.74, 6) is -0.617. The summed E-state index contributed by atoms with van der Waals surface area (Å²) < 4.78 is 1.58. The molecule has 2 aromatic heterocycles. The number of amides is 1. The zero-order valence-electron chi connectivity index (χ0n) is 18.9. The summed E-state index contributed by atoms with van der Waals surface area (Å²) in [6.07, 6.45) is 1.45. The average Bonchev–Trinajstić information content (AvgIpc) is 2.80. The first-order valence-corrected chi connectivity index (χ1v) is 10.8. The Hall–Kier alpha value is -4.06. The van der Waals surface area contributed by atoms with Crippen molar-refractivity contribution < 1.29 is 9.59 Å². The smallest absolute Gasteiger partial charge is 0.240 e. The predicted octanol–water partition coefficient (Wildman–Crippen LogP) is 3.87. The molecule has 0 aliphatic heterocycles. The fraction of sp³-hybridized carbons (Fsp3) is 0.185. The van der Waals surface area contributed by atoms with Gasteiger partial charge in [0.1, 0.15) is 12.2 Å². The molecule has 0 bridgehead atoms. The number of nitrogens with zero attached hydrogens (tertiary/aromatic N) is 2. The number of aryl methyl sites for hydroxylation is 3. The molecule has 0 spiro atoms. The Balaban J connectivity index is 1.68. The number of pyridine rings is 2. The molecular formula is C27H25N3O3. The zero-order chi connectivity index (χ0) is 23.5. The van der Waals surface area contributed by atoms with E-state index >= 15 is 0 Å². The first-order chi connectivity index (χ1) is 15.8. The van der Waals surface area contributed by atoms with Gasteiger partial charge in [-0.2, -0.15) is 0 Å². The van der Waals surface area contributed by atoms with E-state index in [1.54, 1.807) is 28.8 Å². The van der Waals surface area contributed by atoms with Crippen LogP contribution >= 0.6 is 0 Å². The molecule has 1 amide bonds. The van der Waals surface area contributed by atoms with E-state index in [1.165, 1.54) is 6.20 Å². The van der Waals surface area contributed by atoms with Gasteiger partial charge in [0.2, 0.25) is 11.3 Å². The molecule has 4 aromatic rings. The lowest BCUT2D eigenvalue weighted by atomic mass is 10.0. The Morgan fingerprint density at radius 3 is 2.18 bits per heavy atom. The summed E-state index contributed by atoms with van der Waals surface area (Å²) in [7, 11) is 0. The van der Waals surface area contributed by atoms with E-state index < -0.39 is 0 Å². The number of hydrogen-bond donors (Lipinski definition) is 1. The van der Waals surface area contributed by atoms with Gasteiger partial charge in [-0.25, -0.2) is 4.98 Å². The number of aromatic nitrogens is 2. The molecule has 0 atom stereocenters. The maximum absolute atomic E-state index is 13.1. The molecule has 0 saturated heterocycles. The van der Waals surface area contributed by atoms with E-state index in [4.69, 9.17) is 0 Å². The number of benzene rings is 2. The number of nitrogens with one attached hydrogen (secondary N) is 1. The van der Waals surface area contributed by atoms with E-state index in [2.05, 4.69) is 10.3 Å². The highest BCUT2D eigenvalue weighted by Gasteiger charge is 2.19. The minimum absolute atomic E-state index is 0.0170. The largest absolute Gasteiger partial charge is 0.350 e. The molecule has 1 N–H and O–H groups in total. The normalized spacial score (nSPS) is 10.9. The quantitative estimate of drug-likeness (QED) is 0.463. The number of carbonyl (C=O) groups excluding carboxylic acids is 2. The van der Waals surface area contributed by atoms with Gasteiger partial charge in [-0.3, -0.25) is 14.4 Å². The van der Waals surface area contributed by atoms with Crippen LogP contribution in [0.3, 0.4) is 0 Å². The van der Waals surface area contributed by atoms with Crippen LogP contribution in [-0.4, -0.2) is 21.2 Å². The van der Waals surface area contributed by atoms with Crippen LogP contribution < -0.4 is 10.7 Å². The topological polar surface area (TPSA) is 81.1 Å². The third kappa shape index (κ3) is 4.90. The lowest BCUT2D eigenvalue weighted by molar-refractivity contribution is -0.121. The molecule has 0 aliphatic rings. The Morgan fingerprint density at radius 2 is 1.52 bits per heavy atom. The van der Waals surface area contributed by atoms with Crippen molar-refractivity contribution in [1.29, 1.82) is 0 Å². The molecule has 6 nitrogen and oxygen atoms in total. The Bertz CT molecular complexity index is 1400. The van der Waals surface area contributed by atoms with Gasteiger partial charge in [0.05, 0.1) is 10.9 Å². The van der Waals surface area contributed by atoms with Crippen LogP contribution in [0.15, 0.2) is 71.7 Å². The highest BCUT2D eigenvalue weighted by atomic mass is 16.2. The fourth-order valence-electron chi connectivity index (χ4n) is 3.62. The average molecular weight is 440 g/mol. The van der Waals surface area contributed by atoms with Crippen LogP contribution in [0.2, 0.25) is 0 Å². The minimum atomic E-state index is -0.389. The van der Waals surface area contributed by atoms with Gasteiger partial charge in [0.15, 0.2) is 5.78 Å².